The number of nitrogens with zero attached hydrogens (tertiary/aromatic N) is 2. The van der Waals surface area contributed by atoms with E-state index < -0.39 is 0 Å². The van der Waals surface area contributed by atoms with Crippen molar-refractivity contribution in [2.45, 2.75) is 90.9 Å². The van der Waals surface area contributed by atoms with E-state index in [2.05, 4.69) is 23.8 Å². The van der Waals surface area contributed by atoms with Crippen molar-refractivity contribution in [1.29, 1.82) is 0 Å². The fourth-order valence-electron chi connectivity index (χ4n) is 3.39. The van der Waals surface area contributed by atoms with E-state index >= 15 is 0 Å². The molecule has 4 nitrogen and oxygen atoms in total. The van der Waals surface area contributed by atoms with Gasteiger partial charge in [0.25, 0.3) is 0 Å². The molecule has 4 heteroatoms. The molecular formula is C26H40N2O2. The summed E-state index contributed by atoms with van der Waals surface area (Å²) < 4.78 is 11.7. The van der Waals surface area contributed by atoms with Gasteiger partial charge in [-0.25, -0.2) is 4.98 Å². The lowest BCUT2D eigenvalue weighted by atomic mass is 10.1. The van der Waals surface area contributed by atoms with Gasteiger partial charge in [-0.3, -0.25) is 0 Å². The molecule has 1 aromatic carbocycles. The predicted octanol–water partition coefficient (Wildman–Crippen LogP) is 7.62. The predicted molar refractivity (Wildman–Crippen MR) is 125 cm³/mol. The first-order chi connectivity index (χ1) is 14.8. The molecule has 0 spiro atoms. The van der Waals surface area contributed by atoms with Gasteiger partial charge in [-0.05, 0) is 37.1 Å². The highest BCUT2D eigenvalue weighted by Gasteiger charge is 2.05. The van der Waals surface area contributed by atoms with Crippen LogP contribution in [-0.4, -0.2) is 23.2 Å². The Morgan fingerprint density at radius 1 is 0.633 bits per heavy atom. The molecular weight excluding hydrogens is 372 g/mol. The number of rotatable bonds is 17. The second-order valence-electron chi connectivity index (χ2n) is 7.98. The van der Waals surface area contributed by atoms with Gasteiger partial charge in [-0.2, -0.15) is 4.98 Å². The van der Waals surface area contributed by atoms with Crippen molar-refractivity contribution in [3.05, 3.63) is 36.5 Å². The van der Waals surface area contributed by atoms with Crippen molar-refractivity contribution in [2.24, 2.45) is 0 Å². The normalized spacial score (nSPS) is 10.9. The molecule has 0 radical (unpaired) electrons. The Morgan fingerprint density at radius 3 is 1.83 bits per heavy atom. The molecule has 2 rings (SSSR count). The smallest absolute Gasteiger partial charge is 0.216 e. The zero-order valence-corrected chi connectivity index (χ0v) is 19.1. The summed E-state index contributed by atoms with van der Waals surface area (Å²) in [5.74, 6) is 2.25. The number of hydrogen-bond donors (Lipinski definition) is 0. The van der Waals surface area contributed by atoms with Crippen molar-refractivity contribution < 1.29 is 9.47 Å². The number of benzene rings is 1. The van der Waals surface area contributed by atoms with Gasteiger partial charge in [0, 0.05) is 17.8 Å². The van der Waals surface area contributed by atoms with Crippen LogP contribution in [0.1, 0.15) is 90.9 Å². The highest BCUT2D eigenvalue weighted by molar-refractivity contribution is 5.56. The van der Waals surface area contributed by atoms with E-state index in [1.54, 1.807) is 6.20 Å². The van der Waals surface area contributed by atoms with Crippen molar-refractivity contribution in [2.75, 3.05) is 13.2 Å². The fourth-order valence-corrected chi connectivity index (χ4v) is 3.39. The Balaban J connectivity index is 1.70. The fraction of sp³-hybridized carbons (Fsp3) is 0.615. The summed E-state index contributed by atoms with van der Waals surface area (Å²) in [7, 11) is 0. The Bertz CT molecular complexity index is 673. The molecule has 0 aliphatic carbocycles. The first-order valence-electron chi connectivity index (χ1n) is 12.0. The Hall–Kier alpha value is -2.10. The molecule has 0 aliphatic rings. The quantitative estimate of drug-likeness (QED) is 0.251. The molecule has 0 atom stereocenters. The van der Waals surface area contributed by atoms with Crippen LogP contribution < -0.4 is 9.47 Å². The minimum atomic E-state index is 0.650. The molecule has 0 saturated carbocycles. The van der Waals surface area contributed by atoms with Gasteiger partial charge in [0.05, 0.1) is 13.2 Å². The highest BCUT2D eigenvalue weighted by atomic mass is 16.5. The molecule has 0 amide bonds. The highest BCUT2D eigenvalue weighted by Crippen LogP contribution is 2.21. The van der Waals surface area contributed by atoms with E-state index in [1.807, 2.05) is 30.3 Å². The second kappa shape index (κ2) is 15.7. The summed E-state index contributed by atoms with van der Waals surface area (Å²) in [4.78, 5) is 8.95. The van der Waals surface area contributed by atoms with Crippen LogP contribution in [0.4, 0.5) is 0 Å². The Kier molecular flexibility index (Phi) is 12.7. The third-order valence-corrected chi connectivity index (χ3v) is 5.26. The summed E-state index contributed by atoms with van der Waals surface area (Å²) in [6.07, 6.45) is 16.9. The molecule has 0 aliphatic heterocycles. The summed E-state index contributed by atoms with van der Waals surface area (Å²) in [6, 6.07) is 9.87. The first-order valence-corrected chi connectivity index (χ1v) is 12.0. The minimum Gasteiger partial charge on any atom is -0.494 e. The largest absolute Gasteiger partial charge is 0.494 e. The third kappa shape index (κ3) is 10.1. The molecule has 0 unspecified atom stereocenters. The molecule has 1 heterocycles. The van der Waals surface area contributed by atoms with Gasteiger partial charge in [0.1, 0.15) is 5.75 Å². The summed E-state index contributed by atoms with van der Waals surface area (Å²) in [6.45, 7) is 5.99. The summed E-state index contributed by atoms with van der Waals surface area (Å²) >= 11 is 0. The van der Waals surface area contributed by atoms with Gasteiger partial charge in [-0.1, -0.05) is 78.1 Å². The van der Waals surface area contributed by atoms with E-state index in [0.29, 0.717) is 18.3 Å². The topological polar surface area (TPSA) is 44.2 Å². The van der Waals surface area contributed by atoms with Crippen LogP contribution in [0.2, 0.25) is 0 Å². The van der Waals surface area contributed by atoms with Crippen LogP contribution in [0.25, 0.3) is 11.4 Å². The molecule has 0 N–H and O–H groups in total. The maximum absolute atomic E-state index is 5.86. The maximum Gasteiger partial charge on any atom is 0.216 e. The van der Waals surface area contributed by atoms with Crippen LogP contribution in [0, 0.1) is 0 Å². The lowest BCUT2D eigenvalue weighted by molar-refractivity contribution is 0.293. The first kappa shape index (κ1) is 24.2. The molecule has 166 valence electrons. The van der Waals surface area contributed by atoms with E-state index in [9.17, 15) is 0 Å². The van der Waals surface area contributed by atoms with Crippen LogP contribution in [0.15, 0.2) is 36.5 Å². The minimum absolute atomic E-state index is 0.650. The lowest BCUT2D eigenvalue weighted by Gasteiger charge is -2.08. The average molecular weight is 413 g/mol. The Labute approximate surface area is 183 Å². The third-order valence-electron chi connectivity index (χ3n) is 5.26. The molecule has 1 aromatic heterocycles. The van der Waals surface area contributed by atoms with Crippen molar-refractivity contribution in [3.63, 3.8) is 0 Å². The van der Waals surface area contributed by atoms with Crippen LogP contribution in [0.3, 0.4) is 0 Å². The zero-order valence-electron chi connectivity index (χ0n) is 19.1. The molecule has 0 fully saturated rings. The molecule has 30 heavy (non-hydrogen) atoms. The molecule has 2 aromatic rings. The average Bonchev–Trinajstić information content (AvgIpc) is 2.78. The number of aromatic nitrogens is 2. The van der Waals surface area contributed by atoms with E-state index in [-0.39, 0.29) is 0 Å². The standard InChI is InChI=1S/C26H40N2O2/c1-3-5-7-9-11-13-21-29-24-17-15-23(16-18-24)26-27-20-19-25(28-26)30-22-14-12-10-8-6-4-2/h15-20H,3-14,21-22H2,1-2H3. The monoisotopic (exact) mass is 412 g/mol. The van der Waals surface area contributed by atoms with Gasteiger partial charge >= 0.3 is 0 Å². The van der Waals surface area contributed by atoms with E-state index in [0.717, 1.165) is 30.8 Å². The maximum atomic E-state index is 5.86. The van der Waals surface area contributed by atoms with Gasteiger partial charge < -0.3 is 9.47 Å². The summed E-state index contributed by atoms with van der Waals surface area (Å²) in [5, 5.41) is 0. The van der Waals surface area contributed by atoms with Crippen molar-refractivity contribution in [3.8, 4) is 23.0 Å². The van der Waals surface area contributed by atoms with E-state index in [4.69, 9.17) is 9.47 Å². The zero-order chi connectivity index (χ0) is 21.3. The van der Waals surface area contributed by atoms with Crippen LogP contribution in [0.5, 0.6) is 11.6 Å². The molecule has 0 saturated heterocycles. The lowest BCUT2D eigenvalue weighted by Crippen LogP contribution is -2.01. The van der Waals surface area contributed by atoms with Gasteiger partial charge in [0.2, 0.25) is 5.88 Å². The van der Waals surface area contributed by atoms with E-state index in [1.165, 1.54) is 64.2 Å². The van der Waals surface area contributed by atoms with Crippen molar-refractivity contribution >= 4 is 0 Å². The van der Waals surface area contributed by atoms with Crippen LogP contribution >= 0.6 is 0 Å². The number of hydrogen-bond acceptors (Lipinski definition) is 4. The van der Waals surface area contributed by atoms with Gasteiger partial charge in [-0.15, -0.1) is 0 Å². The summed E-state index contributed by atoms with van der Waals surface area (Å²) in [5.41, 5.74) is 0.979. The van der Waals surface area contributed by atoms with Crippen molar-refractivity contribution in [1.82, 2.24) is 9.97 Å². The molecule has 0 bridgehead atoms. The SMILES string of the molecule is CCCCCCCCOc1ccc(-c2nccc(OCCCCCCCC)n2)cc1. The Morgan fingerprint density at radius 2 is 1.20 bits per heavy atom. The van der Waals surface area contributed by atoms with Crippen LogP contribution in [-0.2, 0) is 0 Å². The van der Waals surface area contributed by atoms with Gasteiger partial charge in [0.15, 0.2) is 5.82 Å². The number of unbranched alkanes of at least 4 members (excludes halogenated alkanes) is 10. The number of ether oxygens (including phenoxy) is 2. The second-order valence-corrected chi connectivity index (χ2v) is 7.98.